The van der Waals surface area contributed by atoms with Crippen LogP contribution in [0.3, 0.4) is 0 Å². The summed E-state index contributed by atoms with van der Waals surface area (Å²) in [5.41, 5.74) is 6.54. The van der Waals surface area contributed by atoms with Crippen LogP contribution in [-0.4, -0.2) is 19.0 Å². The third-order valence-corrected chi connectivity index (χ3v) is 2.24. The summed E-state index contributed by atoms with van der Waals surface area (Å²) in [7, 11) is 0. The molecule has 1 rings (SSSR count). The summed E-state index contributed by atoms with van der Waals surface area (Å²) in [4.78, 5) is 11.6. The van der Waals surface area contributed by atoms with Gasteiger partial charge in [0.15, 0.2) is 5.78 Å². The Kier molecular flexibility index (Phi) is 4.59. The Hall–Kier alpha value is -1.06. The zero-order valence-corrected chi connectivity index (χ0v) is 9.38. The second-order valence-electron chi connectivity index (χ2n) is 3.21. The molecule has 0 saturated heterocycles. The highest BCUT2D eigenvalue weighted by atomic mass is 35.5. The first-order valence-electron chi connectivity index (χ1n) is 4.81. The van der Waals surface area contributed by atoms with Gasteiger partial charge < -0.3 is 10.5 Å². The molecule has 82 valence electrons. The molecule has 1 aromatic rings. The SMILES string of the molecule is CCCOCC(=O)c1ccc(Cl)c(N)c1. The molecule has 4 heteroatoms. The van der Waals surface area contributed by atoms with Gasteiger partial charge in [-0.25, -0.2) is 0 Å². The smallest absolute Gasteiger partial charge is 0.188 e. The average Bonchev–Trinajstić information content (AvgIpc) is 2.22. The molecule has 0 saturated carbocycles. The number of nitrogens with two attached hydrogens (primary N) is 1. The van der Waals surface area contributed by atoms with Crippen molar-refractivity contribution in [2.45, 2.75) is 13.3 Å². The Labute approximate surface area is 94.2 Å². The number of ether oxygens (including phenoxy) is 1. The molecule has 0 radical (unpaired) electrons. The van der Waals surface area contributed by atoms with E-state index in [1.165, 1.54) is 0 Å². The van der Waals surface area contributed by atoms with Crippen molar-refractivity contribution >= 4 is 23.1 Å². The van der Waals surface area contributed by atoms with Crippen LogP contribution in [0, 0.1) is 0 Å². The molecule has 0 heterocycles. The molecule has 0 aromatic heterocycles. The van der Waals surface area contributed by atoms with Gasteiger partial charge >= 0.3 is 0 Å². The van der Waals surface area contributed by atoms with Crippen LogP contribution in [0.15, 0.2) is 18.2 Å². The number of halogens is 1. The van der Waals surface area contributed by atoms with Crippen LogP contribution < -0.4 is 5.73 Å². The molecular weight excluding hydrogens is 214 g/mol. The van der Waals surface area contributed by atoms with Gasteiger partial charge in [0.2, 0.25) is 0 Å². The van der Waals surface area contributed by atoms with E-state index in [0.717, 1.165) is 6.42 Å². The number of hydrogen-bond acceptors (Lipinski definition) is 3. The van der Waals surface area contributed by atoms with Gasteiger partial charge in [-0.2, -0.15) is 0 Å². The molecule has 0 atom stereocenters. The van der Waals surface area contributed by atoms with Gasteiger partial charge in [0.1, 0.15) is 6.61 Å². The summed E-state index contributed by atoms with van der Waals surface area (Å²) in [6.45, 7) is 2.68. The van der Waals surface area contributed by atoms with Crippen molar-refractivity contribution in [3.05, 3.63) is 28.8 Å². The minimum atomic E-state index is -0.0770. The van der Waals surface area contributed by atoms with E-state index in [4.69, 9.17) is 22.1 Å². The molecular formula is C11H14ClNO2. The Bertz CT molecular complexity index is 352. The molecule has 1 aromatic carbocycles. The third-order valence-electron chi connectivity index (χ3n) is 1.90. The van der Waals surface area contributed by atoms with Gasteiger partial charge in [-0.1, -0.05) is 18.5 Å². The van der Waals surface area contributed by atoms with Crippen molar-refractivity contribution in [3.8, 4) is 0 Å². The predicted octanol–water partition coefficient (Wildman–Crippen LogP) is 2.53. The number of benzene rings is 1. The molecule has 0 spiro atoms. The largest absolute Gasteiger partial charge is 0.398 e. The van der Waals surface area contributed by atoms with E-state index in [-0.39, 0.29) is 12.4 Å². The second kappa shape index (κ2) is 5.73. The number of anilines is 1. The minimum Gasteiger partial charge on any atom is -0.398 e. The molecule has 0 aliphatic carbocycles. The van der Waals surface area contributed by atoms with Crippen molar-refractivity contribution in [2.75, 3.05) is 18.9 Å². The van der Waals surface area contributed by atoms with E-state index in [1.807, 2.05) is 6.92 Å². The Balaban J connectivity index is 2.62. The van der Waals surface area contributed by atoms with E-state index >= 15 is 0 Å². The normalized spacial score (nSPS) is 10.3. The number of Topliss-reactive ketones (excluding diaryl/α,β-unsaturated/α-hetero) is 1. The van der Waals surface area contributed by atoms with Crippen molar-refractivity contribution in [3.63, 3.8) is 0 Å². The van der Waals surface area contributed by atoms with E-state index < -0.39 is 0 Å². The van der Waals surface area contributed by atoms with Gasteiger partial charge in [-0.15, -0.1) is 0 Å². The average molecular weight is 228 g/mol. The Morgan fingerprint density at radius 1 is 1.53 bits per heavy atom. The monoisotopic (exact) mass is 227 g/mol. The molecule has 0 bridgehead atoms. The van der Waals surface area contributed by atoms with Gasteiger partial charge in [0, 0.05) is 12.2 Å². The van der Waals surface area contributed by atoms with E-state index in [1.54, 1.807) is 18.2 Å². The van der Waals surface area contributed by atoms with Gasteiger partial charge in [0.25, 0.3) is 0 Å². The van der Waals surface area contributed by atoms with Crippen LogP contribution in [0.25, 0.3) is 0 Å². The summed E-state index contributed by atoms with van der Waals surface area (Å²) in [5.74, 6) is -0.0770. The zero-order chi connectivity index (χ0) is 11.3. The molecule has 0 aliphatic heterocycles. The molecule has 2 N–H and O–H groups in total. The minimum absolute atomic E-state index is 0.0770. The van der Waals surface area contributed by atoms with Crippen LogP contribution in [0.1, 0.15) is 23.7 Å². The standard InChI is InChI=1S/C11H14ClNO2/c1-2-5-15-7-11(14)8-3-4-9(12)10(13)6-8/h3-4,6H,2,5,7,13H2,1H3. The maximum Gasteiger partial charge on any atom is 0.188 e. The fraction of sp³-hybridized carbons (Fsp3) is 0.364. The summed E-state index contributed by atoms with van der Waals surface area (Å²) in [6, 6.07) is 4.83. The molecule has 0 amide bonds. The molecule has 0 fully saturated rings. The summed E-state index contributed by atoms with van der Waals surface area (Å²) < 4.78 is 5.15. The van der Waals surface area contributed by atoms with Gasteiger partial charge in [0.05, 0.1) is 10.7 Å². The summed E-state index contributed by atoms with van der Waals surface area (Å²) >= 11 is 5.74. The van der Waals surface area contributed by atoms with Crippen molar-refractivity contribution in [1.29, 1.82) is 0 Å². The van der Waals surface area contributed by atoms with Crippen molar-refractivity contribution in [2.24, 2.45) is 0 Å². The number of carbonyl (C=O) groups is 1. The maximum absolute atomic E-state index is 11.6. The molecule has 0 aliphatic rings. The highest BCUT2D eigenvalue weighted by molar-refractivity contribution is 6.33. The van der Waals surface area contributed by atoms with E-state index in [9.17, 15) is 4.79 Å². The van der Waals surface area contributed by atoms with Crippen LogP contribution in [0.4, 0.5) is 5.69 Å². The lowest BCUT2D eigenvalue weighted by Gasteiger charge is -2.04. The highest BCUT2D eigenvalue weighted by Gasteiger charge is 2.07. The van der Waals surface area contributed by atoms with Gasteiger partial charge in [-0.05, 0) is 24.6 Å². The number of carbonyl (C=O) groups excluding carboxylic acids is 1. The summed E-state index contributed by atoms with van der Waals surface area (Å²) in [6.07, 6.45) is 0.899. The first kappa shape index (κ1) is 12.0. The zero-order valence-electron chi connectivity index (χ0n) is 8.63. The van der Waals surface area contributed by atoms with Crippen LogP contribution in [0.5, 0.6) is 0 Å². The highest BCUT2D eigenvalue weighted by Crippen LogP contribution is 2.19. The van der Waals surface area contributed by atoms with Crippen LogP contribution >= 0.6 is 11.6 Å². The molecule has 3 nitrogen and oxygen atoms in total. The number of rotatable bonds is 5. The van der Waals surface area contributed by atoms with Crippen LogP contribution in [0.2, 0.25) is 5.02 Å². The third kappa shape index (κ3) is 3.53. The Morgan fingerprint density at radius 3 is 2.87 bits per heavy atom. The lowest BCUT2D eigenvalue weighted by Crippen LogP contribution is -2.09. The fourth-order valence-electron chi connectivity index (χ4n) is 1.11. The number of nitrogen functional groups attached to an aromatic ring is 1. The van der Waals surface area contributed by atoms with Crippen molar-refractivity contribution in [1.82, 2.24) is 0 Å². The maximum atomic E-state index is 11.6. The van der Waals surface area contributed by atoms with E-state index in [0.29, 0.717) is 22.9 Å². The second-order valence-corrected chi connectivity index (χ2v) is 3.62. The topological polar surface area (TPSA) is 52.3 Å². The predicted molar refractivity (Wildman–Crippen MR) is 61.3 cm³/mol. The number of hydrogen-bond donors (Lipinski definition) is 1. The fourth-order valence-corrected chi connectivity index (χ4v) is 1.23. The summed E-state index contributed by atoms with van der Waals surface area (Å²) in [5, 5.41) is 0.459. The lowest BCUT2D eigenvalue weighted by atomic mass is 10.1. The first-order chi connectivity index (χ1) is 7.15. The number of ketones is 1. The van der Waals surface area contributed by atoms with Gasteiger partial charge in [-0.3, -0.25) is 4.79 Å². The first-order valence-corrected chi connectivity index (χ1v) is 5.19. The molecule has 0 unspecified atom stereocenters. The quantitative estimate of drug-likeness (QED) is 0.478. The lowest BCUT2D eigenvalue weighted by molar-refractivity contribution is 0.0761. The molecule has 15 heavy (non-hydrogen) atoms. The van der Waals surface area contributed by atoms with E-state index in [2.05, 4.69) is 0 Å². The van der Waals surface area contributed by atoms with Crippen molar-refractivity contribution < 1.29 is 9.53 Å². The van der Waals surface area contributed by atoms with Crippen LogP contribution in [-0.2, 0) is 4.74 Å². The Morgan fingerprint density at radius 2 is 2.27 bits per heavy atom.